The van der Waals surface area contributed by atoms with Crippen LogP contribution >= 0.6 is 0 Å². The van der Waals surface area contributed by atoms with Crippen molar-refractivity contribution < 1.29 is 4.79 Å². The summed E-state index contributed by atoms with van der Waals surface area (Å²) in [6.07, 6.45) is 3.08. The predicted molar refractivity (Wildman–Crippen MR) is 97.2 cm³/mol. The van der Waals surface area contributed by atoms with Crippen molar-refractivity contribution >= 4 is 22.6 Å². The molecular formula is C20H21N3O. The highest BCUT2D eigenvalue weighted by molar-refractivity contribution is 5.91. The largest absolute Gasteiger partial charge is 0.350 e. The number of nitrogens with zero attached hydrogens (tertiary/aromatic N) is 2. The van der Waals surface area contributed by atoms with Gasteiger partial charge in [0.2, 0.25) is 0 Å². The van der Waals surface area contributed by atoms with Crippen LogP contribution in [-0.4, -0.2) is 22.0 Å². The highest BCUT2D eigenvalue weighted by atomic mass is 16.2. The summed E-state index contributed by atoms with van der Waals surface area (Å²) in [7, 11) is 2.08. The zero-order valence-corrected chi connectivity index (χ0v) is 14.0. The minimum absolute atomic E-state index is 0.0351. The average molecular weight is 319 g/mol. The molecule has 122 valence electrons. The molecule has 2 amide bonds. The topological polar surface area (TPSA) is 37.3 Å². The molecule has 4 nitrogen and oxygen atoms in total. The molecular weight excluding hydrogens is 298 g/mol. The minimum Gasteiger partial charge on any atom is -0.350 e. The normalized spacial score (nSPS) is 13.8. The Hall–Kier alpha value is -2.75. The van der Waals surface area contributed by atoms with Gasteiger partial charge in [0.05, 0.1) is 0 Å². The Morgan fingerprint density at radius 3 is 2.79 bits per heavy atom. The molecule has 0 saturated carbocycles. The maximum absolute atomic E-state index is 12.7. The second-order valence-electron chi connectivity index (χ2n) is 6.55. The van der Waals surface area contributed by atoms with Crippen LogP contribution in [0.1, 0.15) is 16.7 Å². The fraction of sp³-hybridized carbons (Fsp3) is 0.250. The van der Waals surface area contributed by atoms with Gasteiger partial charge < -0.3 is 14.8 Å². The van der Waals surface area contributed by atoms with Crippen LogP contribution in [0.2, 0.25) is 0 Å². The highest BCUT2D eigenvalue weighted by Gasteiger charge is 2.21. The van der Waals surface area contributed by atoms with E-state index in [4.69, 9.17) is 0 Å². The van der Waals surface area contributed by atoms with Crippen molar-refractivity contribution in [3.63, 3.8) is 0 Å². The Morgan fingerprint density at radius 1 is 1.12 bits per heavy atom. The Bertz CT molecular complexity index is 926. The van der Waals surface area contributed by atoms with Gasteiger partial charge in [-0.2, -0.15) is 0 Å². The van der Waals surface area contributed by atoms with E-state index in [1.54, 1.807) is 0 Å². The van der Waals surface area contributed by atoms with Crippen LogP contribution in [0.25, 0.3) is 10.9 Å². The molecule has 1 aromatic heterocycles. The summed E-state index contributed by atoms with van der Waals surface area (Å²) >= 11 is 0. The maximum atomic E-state index is 12.7. The molecule has 0 bridgehead atoms. The van der Waals surface area contributed by atoms with Crippen LogP contribution in [0.15, 0.2) is 48.7 Å². The number of hydrogen-bond acceptors (Lipinski definition) is 1. The molecule has 0 saturated heterocycles. The Morgan fingerprint density at radius 2 is 1.96 bits per heavy atom. The van der Waals surface area contributed by atoms with Gasteiger partial charge in [-0.15, -0.1) is 0 Å². The molecule has 1 N–H and O–H groups in total. The summed E-state index contributed by atoms with van der Waals surface area (Å²) in [6, 6.07) is 14.2. The van der Waals surface area contributed by atoms with Crippen LogP contribution in [-0.2, 0) is 20.0 Å². The van der Waals surface area contributed by atoms with Gasteiger partial charge in [0.25, 0.3) is 0 Å². The molecule has 0 fully saturated rings. The van der Waals surface area contributed by atoms with E-state index in [0.29, 0.717) is 6.54 Å². The smallest absolute Gasteiger partial charge is 0.322 e. The first-order valence-electron chi connectivity index (χ1n) is 8.30. The van der Waals surface area contributed by atoms with Crippen molar-refractivity contribution in [2.75, 3.05) is 11.9 Å². The zero-order chi connectivity index (χ0) is 16.7. The van der Waals surface area contributed by atoms with Crippen molar-refractivity contribution in [2.24, 2.45) is 7.05 Å². The Labute approximate surface area is 141 Å². The van der Waals surface area contributed by atoms with E-state index < -0.39 is 0 Å². The van der Waals surface area contributed by atoms with Crippen molar-refractivity contribution in [3.05, 3.63) is 65.4 Å². The molecule has 0 unspecified atom stereocenters. The van der Waals surface area contributed by atoms with E-state index in [-0.39, 0.29) is 6.03 Å². The van der Waals surface area contributed by atoms with Gasteiger partial charge in [-0.3, -0.25) is 0 Å². The van der Waals surface area contributed by atoms with Gasteiger partial charge >= 0.3 is 6.03 Å². The fourth-order valence-electron chi connectivity index (χ4n) is 3.58. The number of carbonyl (C=O) groups excluding carboxylic acids is 1. The van der Waals surface area contributed by atoms with Crippen molar-refractivity contribution in [1.82, 2.24) is 9.47 Å². The zero-order valence-electron chi connectivity index (χ0n) is 14.0. The average Bonchev–Trinajstić information content (AvgIpc) is 2.76. The molecule has 0 spiro atoms. The first kappa shape index (κ1) is 14.8. The van der Waals surface area contributed by atoms with E-state index in [9.17, 15) is 4.79 Å². The van der Waals surface area contributed by atoms with E-state index in [0.717, 1.165) is 24.2 Å². The molecule has 1 aliphatic rings. The minimum atomic E-state index is -0.0351. The van der Waals surface area contributed by atoms with Crippen molar-refractivity contribution in [1.29, 1.82) is 0 Å². The lowest BCUT2D eigenvalue weighted by Crippen LogP contribution is -2.35. The number of anilines is 1. The number of nitrogens with one attached hydrogen (secondary N) is 1. The lowest BCUT2D eigenvalue weighted by atomic mass is 10.1. The van der Waals surface area contributed by atoms with Gasteiger partial charge in [0.1, 0.15) is 0 Å². The quantitative estimate of drug-likeness (QED) is 0.721. The molecule has 3 aromatic rings. The van der Waals surface area contributed by atoms with E-state index in [1.165, 1.54) is 22.0 Å². The van der Waals surface area contributed by atoms with Gasteiger partial charge in [-0.25, -0.2) is 4.79 Å². The van der Waals surface area contributed by atoms with Crippen LogP contribution in [0.5, 0.6) is 0 Å². The Balaban J connectivity index is 1.61. The molecule has 0 radical (unpaired) electrons. The van der Waals surface area contributed by atoms with Crippen LogP contribution in [0.3, 0.4) is 0 Å². The molecule has 4 rings (SSSR count). The van der Waals surface area contributed by atoms with Crippen LogP contribution in [0.4, 0.5) is 10.5 Å². The predicted octanol–water partition coefficient (Wildman–Crippen LogP) is 4.08. The van der Waals surface area contributed by atoms with Crippen LogP contribution in [0, 0.1) is 6.92 Å². The summed E-state index contributed by atoms with van der Waals surface area (Å²) in [5, 5.41) is 4.34. The lowest BCUT2D eigenvalue weighted by Gasteiger charge is -2.22. The maximum Gasteiger partial charge on any atom is 0.322 e. The number of hydrogen-bond donors (Lipinski definition) is 1. The standard InChI is InChI=1S/C20H21N3O/c1-14-5-3-7-17(11-14)21-20(24)23-10-9-16-12-22(2)18-8-4-6-15(13-23)19(16)18/h3-8,11-12H,9-10,13H2,1-2H3,(H,21,24). The lowest BCUT2D eigenvalue weighted by molar-refractivity contribution is 0.210. The Kier molecular flexibility index (Phi) is 3.53. The van der Waals surface area contributed by atoms with Gasteiger partial charge in [0, 0.05) is 42.9 Å². The fourth-order valence-corrected chi connectivity index (χ4v) is 3.58. The SMILES string of the molecule is Cc1cccc(NC(=O)N2CCc3cn(C)c4cccc(c34)C2)c1. The van der Waals surface area contributed by atoms with Crippen molar-refractivity contribution in [3.8, 4) is 0 Å². The van der Waals surface area contributed by atoms with Gasteiger partial charge in [-0.05, 0) is 48.2 Å². The number of amides is 2. The number of carbonyl (C=O) groups is 1. The molecule has 1 aliphatic heterocycles. The summed E-state index contributed by atoms with van der Waals surface area (Å²) in [4.78, 5) is 14.6. The second-order valence-corrected chi connectivity index (χ2v) is 6.55. The first-order valence-corrected chi connectivity index (χ1v) is 8.30. The molecule has 4 heteroatoms. The third kappa shape index (κ3) is 2.54. The van der Waals surface area contributed by atoms with Crippen LogP contribution < -0.4 is 5.32 Å². The summed E-state index contributed by atoms with van der Waals surface area (Å²) in [5.41, 5.74) is 5.78. The second kappa shape index (κ2) is 5.71. The van der Waals surface area contributed by atoms with Gasteiger partial charge in [0.15, 0.2) is 0 Å². The molecule has 0 aliphatic carbocycles. The molecule has 2 heterocycles. The van der Waals surface area contributed by atoms with Crippen molar-refractivity contribution in [2.45, 2.75) is 19.9 Å². The molecule has 2 aromatic carbocycles. The molecule has 24 heavy (non-hydrogen) atoms. The summed E-state index contributed by atoms with van der Waals surface area (Å²) < 4.78 is 2.18. The third-order valence-electron chi connectivity index (χ3n) is 4.75. The van der Waals surface area contributed by atoms with E-state index >= 15 is 0 Å². The monoisotopic (exact) mass is 319 g/mol. The number of aryl methyl sites for hydroxylation is 2. The van der Waals surface area contributed by atoms with E-state index in [1.807, 2.05) is 36.1 Å². The summed E-state index contributed by atoms with van der Waals surface area (Å²) in [6.45, 7) is 3.40. The number of aromatic nitrogens is 1. The summed E-state index contributed by atoms with van der Waals surface area (Å²) in [5.74, 6) is 0. The van der Waals surface area contributed by atoms with E-state index in [2.05, 4.69) is 41.3 Å². The van der Waals surface area contributed by atoms with Gasteiger partial charge in [-0.1, -0.05) is 24.3 Å². The third-order valence-corrected chi connectivity index (χ3v) is 4.75. The molecule has 0 atom stereocenters. The number of urea groups is 1. The number of rotatable bonds is 1. The number of benzene rings is 2. The first-order chi connectivity index (χ1) is 11.6. The highest BCUT2D eigenvalue weighted by Crippen LogP contribution is 2.29.